The third kappa shape index (κ3) is 2.46. The molecule has 1 rings (SSSR count). The molecule has 0 atom stereocenters. The first-order valence-corrected chi connectivity index (χ1v) is 5.51. The Bertz CT molecular complexity index is 452. The molecular formula is C11H9Cl2NO2. The van der Waals surface area contributed by atoms with Gasteiger partial charge in [0.15, 0.2) is 0 Å². The summed E-state index contributed by atoms with van der Waals surface area (Å²) >= 11 is 11.5. The van der Waals surface area contributed by atoms with Crippen LogP contribution in [0.4, 0.5) is 0 Å². The fourth-order valence-electron chi connectivity index (χ4n) is 1.28. The van der Waals surface area contributed by atoms with E-state index in [1.54, 1.807) is 19.1 Å². The Labute approximate surface area is 104 Å². The zero-order valence-electron chi connectivity index (χ0n) is 8.59. The highest BCUT2D eigenvalue weighted by molar-refractivity contribution is 6.32. The summed E-state index contributed by atoms with van der Waals surface area (Å²) in [6, 6.07) is 5.04. The average molecular weight is 258 g/mol. The minimum Gasteiger partial charge on any atom is -0.462 e. The molecule has 0 unspecified atom stereocenters. The Hall–Kier alpha value is -1.24. The smallest absolute Gasteiger partial charge is 0.339 e. The van der Waals surface area contributed by atoms with Crippen LogP contribution in [0.15, 0.2) is 12.1 Å². The zero-order valence-corrected chi connectivity index (χ0v) is 10.1. The lowest BCUT2D eigenvalue weighted by atomic mass is 10.0. The van der Waals surface area contributed by atoms with Crippen molar-refractivity contribution in [3.05, 3.63) is 33.8 Å². The van der Waals surface area contributed by atoms with Crippen molar-refractivity contribution in [2.24, 2.45) is 0 Å². The fraction of sp³-hybridized carbons (Fsp3) is 0.273. The van der Waals surface area contributed by atoms with Crippen molar-refractivity contribution in [1.29, 1.82) is 5.26 Å². The van der Waals surface area contributed by atoms with E-state index in [0.29, 0.717) is 5.56 Å². The van der Waals surface area contributed by atoms with E-state index in [-0.39, 0.29) is 28.6 Å². The van der Waals surface area contributed by atoms with Gasteiger partial charge in [-0.2, -0.15) is 5.26 Å². The molecule has 16 heavy (non-hydrogen) atoms. The highest BCUT2D eigenvalue weighted by Gasteiger charge is 2.19. The first-order valence-electron chi connectivity index (χ1n) is 4.60. The van der Waals surface area contributed by atoms with Gasteiger partial charge in [0.25, 0.3) is 0 Å². The molecule has 0 aromatic heterocycles. The Morgan fingerprint density at radius 3 is 2.75 bits per heavy atom. The quantitative estimate of drug-likeness (QED) is 0.618. The molecule has 0 amide bonds. The summed E-state index contributed by atoms with van der Waals surface area (Å²) < 4.78 is 4.86. The molecule has 0 aliphatic carbocycles. The molecule has 0 spiro atoms. The van der Waals surface area contributed by atoms with Gasteiger partial charge in [-0.25, -0.2) is 4.79 Å². The van der Waals surface area contributed by atoms with Crippen LogP contribution in [0.1, 0.15) is 28.4 Å². The lowest BCUT2D eigenvalue weighted by molar-refractivity contribution is 0.0525. The van der Waals surface area contributed by atoms with Crippen molar-refractivity contribution in [2.45, 2.75) is 12.8 Å². The van der Waals surface area contributed by atoms with Crippen LogP contribution < -0.4 is 0 Å². The molecule has 0 aliphatic heterocycles. The second kappa shape index (κ2) is 5.74. The van der Waals surface area contributed by atoms with E-state index in [1.807, 2.05) is 6.07 Å². The molecule has 1 aromatic rings. The molecule has 0 heterocycles. The molecule has 84 valence electrons. The Balaban J connectivity index is 3.37. The van der Waals surface area contributed by atoms with E-state index in [2.05, 4.69) is 0 Å². The number of carbonyl (C=O) groups excluding carboxylic acids is 1. The summed E-state index contributed by atoms with van der Waals surface area (Å²) in [6.07, 6.45) is 0. The zero-order chi connectivity index (χ0) is 12.1. The van der Waals surface area contributed by atoms with Gasteiger partial charge in [0, 0.05) is 5.88 Å². The van der Waals surface area contributed by atoms with Gasteiger partial charge < -0.3 is 4.74 Å². The molecule has 1 aromatic carbocycles. The predicted octanol–water partition coefficient (Wildman–Crippen LogP) is 3.13. The number of halogens is 2. The van der Waals surface area contributed by atoms with Crippen molar-refractivity contribution in [1.82, 2.24) is 0 Å². The molecule has 5 heteroatoms. The fourth-order valence-corrected chi connectivity index (χ4v) is 1.70. The second-order valence-electron chi connectivity index (χ2n) is 2.92. The van der Waals surface area contributed by atoms with E-state index in [9.17, 15) is 4.79 Å². The third-order valence-corrected chi connectivity index (χ3v) is 2.58. The second-order valence-corrected chi connectivity index (χ2v) is 3.60. The van der Waals surface area contributed by atoms with Crippen LogP contribution in [0.3, 0.4) is 0 Å². The lowest BCUT2D eigenvalue weighted by Gasteiger charge is -2.09. The average Bonchev–Trinajstić information content (AvgIpc) is 2.28. The van der Waals surface area contributed by atoms with Crippen LogP contribution in [-0.4, -0.2) is 12.6 Å². The van der Waals surface area contributed by atoms with E-state index in [1.165, 1.54) is 0 Å². The van der Waals surface area contributed by atoms with Gasteiger partial charge in [0.05, 0.1) is 22.8 Å². The van der Waals surface area contributed by atoms with Crippen LogP contribution in [0.2, 0.25) is 5.02 Å². The molecule has 0 saturated carbocycles. The number of carbonyl (C=O) groups is 1. The van der Waals surface area contributed by atoms with Gasteiger partial charge in [-0.05, 0) is 18.6 Å². The number of ether oxygens (including phenoxy) is 1. The molecule has 0 aliphatic rings. The predicted molar refractivity (Wildman–Crippen MR) is 61.7 cm³/mol. The first-order chi connectivity index (χ1) is 7.65. The third-order valence-electron chi connectivity index (χ3n) is 1.98. The molecule has 0 N–H and O–H groups in total. The highest BCUT2D eigenvalue weighted by atomic mass is 35.5. The van der Waals surface area contributed by atoms with Gasteiger partial charge in [0.1, 0.15) is 6.07 Å². The number of nitrogens with zero attached hydrogens (tertiary/aromatic N) is 1. The Morgan fingerprint density at radius 1 is 1.56 bits per heavy atom. The standard InChI is InChI=1S/C11H9Cl2NO2/c1-2-16-11(15)10-7(5-12)3-4-9(13)8(10)6-14/h3-4H,2,5H2,1H3. The van der Waals surface area contributed by atoms with Crippen molar-refractivity contribution in [3.8, 4) is 6.07 Å². The lowest BCUT2D eigenvalue weighted by Crippen LogP contribution is -2.10. The number of nitriles is 1. The van der Waals surface area contributed by atoms with Crippen molar-refractivity contribution < 1.29 is 9.53 Å². The maximum absolute atomic E-state index is 11.7. The van der Waals surface area contributed by atoms with Crippen molar-refractivity contribution in [2.75, 3.05) is 6.61 Å². The number of hydrogen-bond acceptors (Lipinski definition) is 3. The van der Waals surface area contributed by atoms with Crippen LogP contribution in [0.5, 0.6) is 0 Å². The van der Waals surface area contributed by atoms with Crippen molar-refractivity contribution >= 4 is 29.2 Å². The molecular weight excluding hydrogens is 249 g/mol. The topological polar surface area (TPSA) is 50.1 Å². The van der Waals surface area contributed by atoms with Crippen LogP contribution in [0.25, 0.3) is 0 Å². The molecule has 0 bridgehead atoms. The molecule has 0 radical (unpaired) electrons. The van der Waals surface area contributed by atoms with Crippen molar-refractivity contribution in [3.63, 3.8) is 0 Å². The number of hydrogen-bond donors (Lipinski definition) is 0. The summed E-state index contributed by atoms with van der Waals surface area (Å²) in [4.78, 5) is 11.7. The summed E-state index contributed by atoms with van der Waals surface area (Å²) in [7, 11) is 0. The van der Waals surface area contributed by atoms with Gasteiger partial charge in [-0.15, -0.1) is 11.6 Å². The van der Waals surface area contributed by atoms with E-state index in [0.717, 1.165) is 0 Å². The Kier molecular flexibility index (Phi) is 4.60. The SMILES string of the molecule is CCOC(=O)c1c(CCl)ccc(Cl)c1C#N. The maximum Gasteiger partial charge on any atom is 0.339 e. The maximum atomic E-state index is 11.7. The molecule has 3 nitrogen and oxygen atoms in total. The monoisotopic (exact) mass is 257 g/mol. The summed E-state index contributed by atoms with van der Waals surface area (Å²) in [5.41, 5.74) is 0.811. The summed E-state index contributed by atoms with van der Waals surface area (Å²) in [5.74, 6) is -0.447. The Morgan fingerprint density at radius 2 is 2.25 bits per heavy atom. The molecule has 0 fully saturated rings. The first kappa shape index (κ1) is 12.8. The van der Waals surface area contributed by atoms with E-state index < -0.39 is 5.97 Å². The van der Waals surface area contributed by atoms with Gasteiger partial charge in [-0.3, -0.25) is 0 Å². The van der Waals surface area contributed by atoms with E-state index in [4.69, 9.17) is 33.2 Å². The summed E-state index contributed by atoms with van der Waals surface area (Å²) in [6.45, 7) is 1.92. The number of benzene rings is 1. The number of alkyl halides is 1. The van der Waals surface area contributed by atoms with Crippen LogP contribution in [0, 0.1) is 11.3 Å². The number of rotatable bonds is 3. The van der Waals surface area contributed by atoms with E-state index >= 15 is 0 Å². The largest absolute Gasteiger partial charge is 0.462 e. The van der Waals surface area contributed by atoms with Crippen LogP contribution in [-0.2, 0) is 10.6 Å². The number of esters is 1. The van der Waals surface area contributed by atoms with Gasteiger partial charge >= 0.3 is 5.97 Å². The van der Waals surface area contributed by atoms with Crippen LogP contribution >= 0.6 is 23.2 Å². The highest BCUT2D eigenvalue weighted by Crippen LogP contribution is 2.24. The minimum absolute atomic E-state index is 0.110. The van der Waals surface area contributed by atoms with Gasteiger partial charge in [-0.1, -0.05) is 17.7 Å². The molecule has 0 saturated heterocycles. The minimum atomic E-state index is -0.572. The van der Waals surface area contributed by atoms with Gasteiger partial charge in [0.2, 0.25) is 0 Å². The summed E-state index contributed by atoms with van der Waals surface area (Å²) in [5, 5.41) is 9.17. The normalized spacial score (nSPS) is 9.62.